The van der Waals surface area contributed by atoms with Gasteiger partial charge in [-0.05, 0) is 43.7 Å². The molecule has 0 spiro atoms. The molecule has 4 aromatic rings. The molecule has 3 heterocycles. The van der Waals surface area contributed by atoms with Gasteiger partial charge in [0, 0.05) is 28.7 Å². The van der Waals surface area contributed by atoms with E-state index in [9.17, 15) is 18.0 Å². The van der Waals surface area contributed by atoms with Gasteiger partial charge in [0.1, 0.15) is 12.2 Å². The van der Waals surface area contributed by atoms with Crippen LogP contribution in [0.1, 0.15) is 11.4 Å². The van der Waals surface area contributed by atoms with Gasteiger partial charge >= 0.3 is 12.2 Å². The average Bonchev–Trinajstić information content (AvgIpc) is 3.28. The van der Waals surface area contributed by atoms with Gasteiger partial charge in [-0.1, -0.05) is 12.1 Å². The van der Waals surface area contributed by atoms with Gasteiger partial charge < -0.3 is 10.6 Å². The Hall–Kier alpha value is -3.82. The number of nitrogens with one attached hydrogen (secondary N) is 3. The molecule has 0 unspecified atom stereocenters. The smallest absolute Gasteiger partial charge is 0.329 e. The number of aromatic amines is 1. The topological polar surface area (TPSA) is 87.1 Å². The number of fused-ring (bicyclic) bond motifs is 1. The highest BCUT2D eigenvalue weighted by molar-refractivity contribution is 5.90. The Morgan fingerprint density at radius 1 is 1.16 bits per heavy atom. The number of halogens is 3. The quantitative estimate of drug-likeness (QED) is 0.441. The Morgan fingerprint density at radius 3 is 2.68 bits per heavy atom. The number of nitrogens with zero attached hydrogens (tertiary/aromatic N) is 3. The van der Waals surface area contributed by atoms with Crippen molar-refractivity contribution in [2.24, 2.45) is 0 Å². The van der Waals surface area contributed by atoms with Crippen LogP contribution in [0.4, 0.5) is 23.7 Å². The van der Waals surface area contributed by atoms with E-state index in [-0.39, 0.29) is 0 Å². The molecule has 0 saturated heterocycles. The highest BCUT2D eigenvalue weighted by Crippen LogP contribution is 2.29. The van der Waals surface area contributed by atoms with Crippen molar-refractivity contribution < 1.29 is 18.0 Å². The summed E-state index contributed by atoms with van der Waals surface area (Å²) in [7, 11) is 0. The van der Waals surface area contributed by atoms with E-state index in [0.717, 1.165) is 39.4 Å². The molecule has 1 aromatic carbocycles. The molecule has 0 fully saturated rings. The Balaban J connectivity index is 1.59. The van der Waals surface area contributed by atoms with Gasteiger partial charge in [-0.25, -0.2) is 9.78 Å². The van der Waals surface area contributed by atoms with Crippen molar-refractivity contribution in [3.05, 3.63) is 60.2 Å². The Kier molecular flexibility index (Phi) is 5.14. The first-order chi connectivity index (χ1) is 14.7. The number of H-pyrrole nitrogens is 1. The standard InChI is InChI=1S/C21H19F3N6O/c1-12-19(13(2)29-28-12)15-6-7-30-17(10-25-18(30)9-15)14-4-3-5-16(8-14)27-20(31)26-11-21(22,23)24/h3-10H,11H2,1-2H3,(H,28,29)(H2,26,27,31). The Bertz CT molecular complexity index is 1240. The lowest BCUT2D eigenvalue weighted by Crippen LogP contribution is -2.36. The molecule has 0 aliphatic carbocycles. The van der Waals surface area contributed by atoms with Crippen LogP contribution in [-0.4, -0.2) is 38.3 Å². The van der Waals surface area contributed by atoms with Crippen LogP contribution >= 0.6 is 0 Å². The molecular formula is C21H19F3N6O. The molecule has 7 nitrogen and oxygen atoms in total. The zero-order valence-electron chi connectivity index (χ0n) is 16.7. The third-order valence-corrected chi connectivity index (χ3v) is 4.80. The maximum atomic E-state index is 12.3. The lowest BCUT2D eigenvalue weighted by atomic mass is 10.1. The highest BCUT2D eigenvalue weighted by atomic mass is 19.4. The molecule has 0 atom stereocenters. The van der Waals surface area contributed by atoms with E-state index in [0.29, 0.717) is 5.69 Å². The number of rotatable bonds is 4. The number of urea groups is 1. The molecule has 0 aliphatic rings. The van der Waals surface area contributed by atoms with Gasteiger partial charge in [-0.3, -0.25) is 9.50 Å². The van der Waals surface area contributed by atoms with Crippen molar-refractivity contribution in [1.29, 1.82) is 0 Å². The van der Waals surface area contributed by atoms with Crippen LogP contribution in [0.15, 0.2) is 48.8 Å². The zero-order valence-corrected chi connectivity index (χ0v) is 16.7. The van der Waals surface area contributed by atoms with Gasteiger partial charge in [0.05, 0.1) is 17.6 Å². The molecule has 160 valence electrons. The van der Waals surface area contributed by atoms with Crippen molar-refractivity contribution in [2.45, 2.75) is 20.0 Å². The second-order valence-electron chi connectivity index (χ2n) is 7.10. The largest absolute Gasteiger partial charge is 0.405 e. The van der Waals surface area contributed by atoms with Crippen molar-refractivity contribution in [2.75, 3.05) is 11.9 Å². The summed E-state index contributed by atoms with van der Waals surface area (Å²) >= 11 is 0. The molecular weight excluding hydrogens is 409 g/mol. The number of carbonyl (C=O) groups is 1. The van der Waals surface area contributed by atoms with Gasteiger partial charge in [-0.2, -0.15) is 18.3 Å². The predicted molar refractivity (Wildman–Crippen MR) is 111 cm³/mol. The van der Waals surface area contributed by atoms with Crippen LogP contribution in [0.3, 0.4) is 0 Å². The van der Waals surface area contributed by atoms with Crippen LogP contribution in [0, 0.1) is 13.8 Å². The second kappa shape index (κ2) is 7.78. The van der Waals surface area contributed by atoms with E-state index < -0.39 is 18.8 Å². The number of carbonyl (C=O) groups excluding carboxylic acids is 1. The lowest BCUT2D eigenvalue weighted by molar-refractivity contribution is -0.122. The molecule has 0 aliphatic heterocycles. The molecule has 0 bridgehead atoms. The Labute approximate surface area is 175 Å². The minimum atomic E-state index is -4.47. The third kappa shape index (κ3) is 4.37. The number of imidazole rings is 1. The molecule has 3 N–H and O–H groups in total. The van der Waals surface area contributed by atoms with E-state index in [1.807, 2.05) is 42.6 Å². The summed E-state index contributed by atoms with van der Waals surface area (Å²) in [4.78, 5) is 16.2. The minimum Gasteiger partial charge on any atom is -0.329 e. The van der Waals surface area contributed by atoms with Crippen LogP contribution in [0.25, 0.3) is 28.0 Å². The normalized spacial score (nSPS) is 11.6. The summed E-state index contributed by atoms with van der Waals surface area (Å²) in [6.45, 7) is 2.49. The average molecular weight is 428 g/mol. The SMILES string of the molecule is Cc1n[nH]c(C)c1-c1ccn2c(-c3cccc(NC(=O)NCC(F)(F)F)c3)cnc2c1. The second-order valence-corrected chi connectivity index (χ2v) is 7.10. The lowest BCUT2D eigenvalue weighted by Gasteiger charge is -2.11. The van der Waals surface area contributed by atoms with Crippen LogP contribution in [0.5, 0.6) is 0 Å². The number of aryl methyl sites for hydroxylation is 2. The monoisotopic (exact) mass is 428 g/mol. The fourth-order valence-corrected chi connectivity index (χ4v) is 3.44. The number of pyridine rings is 1. The minimum absolute atomic E-state index is 0.369. The van der Waals surface area contributed by atoms with E-state index in [1.54, 1.807) is 29.7 Å². The summed E-state index contributed by atoms with van der Waals surface area (Å²) in [5, 5.41) is 11.4. The maximum Gasteiger partial charge on any atom is 0.405 e. The van der Waals surface area contributed by atoms with Gasteiger partial charge in [0.15, 0.2) is 0 Å². The maximum absolute atomic E-state index is 12.3. The third-order valence-electron chi connectivity index (χ3n) is 4.80. The molecule has 10 heteroatoms. The fraction of sp³-hybridized carbons (Fsp3) is 0.190. The molecule has 2 amide bonds. The highest BCUT2D eigenvalue weighted by Gasteiger charge is 2.27. The van der Waals surface area contributed by atoms with E-state index in [4.69, 9.17) is 0 Å². The summed E-state index contributed by atoms with van der Waals surface area (Å²) in [6, 6.07) is 9.82. The molecule has 0 saturated carbocycles. The van der Waals surface area contributed by atoms with Crippen molar-refractivity contribution in [3.63, 3.8) is 0 Å². The number of alkyl halides is 3. The first-order valence-electron chi connectivity index (χ1n) is 9.42. The summed E-state index contributed by atoms with van der Waals surface area (Å²) < 4.78 is 38.7. The van der Waals surface area contributed by atoms with Crippen molar-refractivity contribution in [3.8, 4) is 22.4 Å². The van der Waals surface area contributed by atoms with E-state index in [2.05, 4.69) is 20.5 Å². The number of benzene rings is 1. The first kappa shape index (κ1) is 20.5. The predicted octanol–water partition coefficient (Wildman–Crippen LogP) is 4.69. The number of hydrogen-bond donors (Lipinski definition) is 3. The number of aromatic nitrogens is 4. The van der Waals surface area contributed by atoms with Gasteiger partial charge in [0.25, 0.3) is 0 Å². The summed E-state index contributed by atoms with van der Waals surface area (Å²) in [5.41, 5.74) is 6.52. The summed E-state index contributed by atoms with van der Waals surface area (Å²) in [6.07, 6.45) is -0.867. The van der Waals surface area contributed by atoms with Crippen molar-refractivity contribution in [1.82, 2.24) is 24.9 Å². The zero-order chi connectivity index (χ0) is 22.2. The molecule has 3 aromatic heterocycles. The van der Waals surface area contributed by atoms with E-state index >= 15 is 0 Å². The van der Waals surface area contributed by atoms with Crippen LogP contribution in [0.2, 0.25) is 0 Å². The molecule has 4 rings (SSSR count). The number of hydrogen-bond acceptors (Lipinski definition) is 3. The molecule has 0 radical (unpaired) electrons. The van der Waals surface area contributed by atoms with Crippen LogP contribution in [-0.2, 0) is 0 Å². The molecule has 31 heavy (non-hydrogen) atoms. The number of anilines is 1. The van der Waals surface area contributed by atoms with Crippen LogP contribution < -0.4 is 10.6 Å². The summed E-state index contributed by atoms with van der Waals surface area (Å²) in [5.74, 6) is 0. The van der Waals surface area contributed by atoms with Gasteiger partial charge in [-0.15, -0.1) is 0 Å². The van der Waals surface area contributed by atoms with Crippen molar-refractivity contribution >= 4 is 17.4 Å². The van der Waals surface area contributed by atoms with Gasteiger partial charge in [0.2, 0.25) is 0 Å². The van der Waals surface area contributed by atoms with E-state index in [1.165, 1.54) is 0 Å². The first-order valence-corrected chi connectivity index (χ1v) is 9.42. The number of amides is 2. The fourth-order valence-electron chi connectivity index (χ4n) is 3.44. The Morgan fingerprint density at radius 2 is 1.97 bits per heavy atom.